The van der Waals surface area contributed by atoms with Crippen LogP contribution in [0.1, 0.15) is 44.9 Å². The van der Waals surface area contributed by atoms with E-state index in [1.165, 1.54) is 6.42 Å². The highest BCUT2D eigenvalue weighted by atomic mass is 16.5. The van der Waals surface area contributed by atoms with E-state index in [0.717, 1.165) is 64.8 Å². The topological polar surface area (TPSA) is 55.6 Å². The molecule has 4 heteroatoms. The lowest BCUT2D eigenvalue weighted by Crippen LogP contribution is -2.41. The highest BCUT2D eigenvalue weighted by Gasteiger charge is 2.42. The number of likely N-dealkylation sites (tertiary alicyclic amines) is 1. The molecule has 3 fully saturated rings. The largest absolute Gasteiger partial charge is 0.381 e. The first-order valence-electron chi connectivity index (χ1n) is 7.81. The SMILES string of the molecule is NC1CCCC(C(=O)N2CCC3(CCOCC3)C2)C1. The van der Waals surface area contributed by atoms with Crippen molar-refractivity contribution in [3.63, 3.8) is 0 Å². The highest BCUT2D eigenvalue weighted by molar-refractivity contribution is 5.79. The van der Waals surface area contributed by atoms with Crippen LogP contribution < -0.4 is 5.73 Å². The van der Waals surface area contributed by atoms with Crippen molar-refractivity contribution in [2.24, 2.45) is 17.1 Å². The number of carbonyl (C=O) groups excluding carboxylic acids is 1. The van der Waals surface area contributed by atoms with Gasteiger partial charge in [0.15, 0.2) is 0 Å². The third-order valence-electron chi connectivity index (χ3n) is 5.37. The molecule has 0 aromatic heterocycles. The van der Waals surface area contributed by atoms with Gasteiger partial charge in [-0.3, -0.25) is 4.79 Å². The van der Waals surface area contributed by atoms with E-state index in [1.54, 1.807) is 0 Å². The summed E-state index contributed by atoms with van der Waals surface area (Å²) in [6.45, 7) is 3.65. The van der Waals surface area contributed by atoms with Crippen LogP contribution in [-0.4, -0.2) is 43.2 Å². The molecule has 2 saturated heterocycles. The quantitative estimate of drug-likeness (QED) is 0.783. The van der Waals surface area contributed by atoms with Gasteiger partial charge in [-0.1, -0.05) is 6.42 Å². The van der Waals surface area contributed by atoms with Crippen LogP contribution in [0.15, 0.2) is 0 Å². The maximum atomic E-state index is 12.6. The lowest BCUT2D eigenvalue weighted by atomic mass is 9.79. The van der Waals surface area contributed by atoms with Gasteiger partial charge < -0.3 is 15.4 Å². The molecule has 0 aromatic carbocycles. The lowest BCUT2D eigenvalue weighted by molar-refractivity contribution is -0.136. The minimum absolute atomic E-state index is 0.193. The predicted molar refractivity (Wildman–Crippen MR) is 73.6 cm³/mol. The number of hydrogen-bond donors (Lipinski definition) is 1. The minimum atomic E-state index is 0.193. The summed E-state index contributed by atoms with van der Waals surface area (Å²) in [4.78, 5) is 14.7. The van der Waals surface area contributed by atoms with Crippen LogP contribution in [0.3, 0.4) is 0 Å². The van der Waals surface area contributed by atoms with Crippen LogP contribution in [0.2, 0.25) is 0 Å². The third-order valence-corrected chi connectivity index (χ3v) is 5.37. The number of nitrogens with two attached hydrogens (primary N) is 1. The monoisotopic (exact) mass is 266 g/mol. The molecule has 1 aliphatic carbocycles. The van der Waals surface area contributed by atoms with Gasteiger partial charge in [0.1, 0.15) is 0 Å². The van der Waals surface area contributed by atoms with Gasteiger partial charge in [-0.15, -0.1) is 0 Å². The average molecular weight is 266 g/mol. The number of nitrogens with zero attached hydrogens (tertiary/aromatic N) is 1. The van der Waals surface area contributed by atoms with Gasteiger partial charge in [-0.2, -0.15) is 0 Å². The Kier molecular flexibility index (Phi) is 3.81. The first-order chi connectivity index (χ1) is 9.19. The predicted octanol–water partition coefficient (Wildman–Crippen LogP) is 1.53. The van der Waals surface area contributed by atoms with Gasteiger partial charge in [0.05, 0.1) is 0 Å². The normalized spacial score (nSPS) is 34.7. The number of ether oxygens (including phenoxy) is 1. The molecule has 3 aliphatic rings. The van der Waals surface area contributed by atoms with Crippen molar-refractivity contribution in [3.8, 4) is 0 Å². The molecule has 2 unspecified atom stereocenters. The maximum absolute atomic E-state index is 12.6. The van der Waals surface area contributed by atoms with E-state index in [0.29, 0.717) is 11.3 Å². The fraction of sp³-hybridized carbons (Fsp3) is 0.933. The van der Waals surface area contributed by atoms with Gasteiger partial charge in [0.25, 0.3) is 0 Å². The molecule has 19 heavy (non-hydrogen) atoms. The summed E-state index contributed by atoms with van der Waals surface area (Å²) in [6.07, 6.45) is 7.56. The van der Waals surface area contributed by atoms with Crippen molar-refractivity contribution >= 4 is 5.91 Å². The summed E-state index contributed by atoms with van der Waals surface area (Å²) in [5.74, 6) is 0.567. The van der Waals surface area contributed by atoms with E-state index < -0.39 is 0 Å². The number of amides is 1. The molecule has 3 rings (SSSR count). The molecule has 1 spiro atoms. The standard InChI is InChI=1S/C15H26N2O2/c16-13-3-1-2-12(10-13)14(18)17-7-4-15(11-17)5-8-19-9-6-15/h12-13H,1-11,16H2. The van der Waals surface area contributed by atoms with Crippen molar-refractivity contribution in [3.05, 3.63) is 0 Å². The Balaban J connectivity index is 1.59. The molecule has 2 heterocycles. The van der Waals surface area contributed by atoms with Crippen molar-refractivity contribution in [2.45, 2.75) is 51.0 Å². The summed E-state index contributed by atoms with van der Waals surface area (Å²) in [5.41, 5.74) is 6.38. The van der Waals surface area contributed by atoms with Crippen LogP contribution in [0.25, 0.3) is 0 Å². The van der Waals surface area contributed by atoms with Crippen molar-refractivity contribution in [1.82, 2.24) is 4.90 Å². The number of rotatable bonds is 1. The number of hydrogen-bond acceptors (Lipinski definition) is 3. The highest BCUT2D eigenvalue weighted by Crippen LogP contribution is 2.40. The Morgan fingerprint density at radius 1 is 1.21 bits per heavy atom. The van der Waals surface area contributed by atoms with E-state index >= 15 is 0 Å². The van der Waals surface area contributed by atoms with E-state index in [4.69, 9.17) is 10.5 Å². The summed E-state index contributed by atoms with van der Waals surface area (Å²) in [6, 6.07) is 0.238. The second-order valence-electron chi connectivity index (χ2n) is 6.75. The number of carbonyl (C=O) groups is 1. The van der Waals surface area contributed by atoms with E-state index in [9.17, 15) is 4.79 Å². The summed E-state index contributed by atoms with van der Waals surface area (Å²) >= 11 is 0. The maximum Gasteiger partial charge on any atom is 0.225 e. The average Bonchev–Trinajstić information content (AvgIpc) is 2.82. The zero-order chi connectivity index (χ0) is 13.3. The molecule has 1 amide bonds. The van der Waals surface area contributed by atoms with E-state index in [2.05, 4.69) is 4.90 Å². The second kappa shape index (κ2) is 5.41. The summed E-state index contributed by atoms with van der Waals surface area (Å²) in [7, 11) is 0. The van der Waals surface area contributed by atoms with Gasteiger partial charge in [0.2, 0.25) is 5.91 Å². The van der Waals surface area contributed by atoms with Gasteiger partial charge in [-0.25, -0.2) is 0 Å². The van der Waals surface area contributed by atoms with Crippen molar-refractivity contribution in [2.75, 3.05) is 26.3 Å². The molecule has 0 aromatic rings. The minimum Gasteiger partial charge on any atom is -0.381 e. The lowest BCUT2D eigenvalue weighted by Gasteiger charge is -2.34. The molecule has 1 saturated carbocycles. The Hall–Kier alpha value is -0.610. The fourth-order valence-corrected chi connectivity index (χ4v) is 4.05. The molecule has 108 valence electrons. The van der Waals surface area contributed by atoms with E-state index in [1.807, 2.05) is 0 Å². The smallest absolute Gasteiger partial charge is 0.225 e. The first kappa shape index (κ1) is 13.4. The Morgan fingerprint density at radius 2 is 2.00 bits per heavy atom. The molecule has 2 atom stereocenters. The molecule has 0 radical (unpaired) electrons. The summed E-state index contributed by atoms with van der Waals surface area (Å²) < 4.78 is 5.46. The molecule has 0 bridgehead atoms. The van der Waals surface area contributed by atoms with E-state index in [-0.39, 0.29) is 12.0 Å². The molecular formula is C15H26N2O2. The van der Waals surface area contributed by atoms with Gasteiger partial charge in [-0.05, 0) is 43.9 Å². The fourth-order valence-electron chi connectivity index (χ4n) is 4.05. The van der Waals surface area contributed by atoms with Crippen LogP contribution in [0.5, 0.6) is 0 Å². The Labute approximate surface area is 115 Å². The van der Waals surface area contributed by atoms with Crippen molar-refractivity contribution < 1.29 is 9.53 Å². The van der Waals surface area contributed by atoms with Gasteiger partial charge in [0, 0.05) is 38.3 Å². The Bertz CT molecular complexity index is 339. The van der Waals surface area contributed by atoms with Crippen LogP contribution in [0.4, 0.5) is 0 Å². The zero-order valence-electron chi connectivity index (χ0n) is 11.8. The zero-order valence-corrected chi connectivity index (χ0v) is 11.8. The van der Waals surface area contributed by atoms with Crippen LogP contribution in [-0.2, 0) is 9.53 Å². The Morgan fingerprint density at radius 3 is 2.74 bits per heavy atom. The van der Waals surface area contributed by atoms with Crippen molar-refractivity contribution in [1.29, 1.82) is 0 Å². The van der Waals surface area contributed by atoms with Gasteiger partial charge >= 0.3 is 0 Å². The molecule has 2 N–H and O–H groups in total. The van der Waals surface area contributed by atoms with Crippen LogP contribution >= 0.6 is 0 Å². The van der Waals surface area contributed by atoms with Crippen LogP contribution in [0, 0.1) is 11.3 Å². The first-order valence-corrected chi connectivity index (χ1v) is 7.81. The third kappa shape index (κ3) is 2.79. The second-order valence-corrected chi connectivity index (χ2v) is 6.75. The molecule has 4 nitrogen and oxygen atoms in total. The molecular weight excluding hydrogens is 240 g/mol. The summed E-state index contributed by atoms with van der Waals surface area (Å²) in [5, 5.41) is 0. The molecule has 2 aliphatic heterocycles.